The normalized spacial score (nSPS) is 16.2. The molecule has 1 atom stereocenters. The Balaban J connectivity index is 1.64. The molecule has 12 heteroatoms. The topological polar surface area (TPSA) is 110 Å². The summed E-state index contributed by atoms with van der Waals surface area (Å²) in [6, 6.07) is 15.6. The Bertz CT molecular complexity index is 1560. The van der Waals surface area contributed by atoms with E-state index in [0.717, 1.165) is 6.92 Å². The van der Waals surface area contributed by atoms with Gasteiger partial charge in [0.15, 0.2) is 17.5 Å². The smallest absolute Gasteiger partial charge is 0.257 e. The number of halogens is 4. The van der Waals surface area contributed by atoms with Crippen molar-refractivity contribution >= 4 is 33.2 Å². The van der Waals surface area contributed by atoms with Crippen molar-refractivity contribution in [3.05, 3.63) is 93.8 Å². The first kappa shape index (κ1) is 29.6. The molecule has 1 unspecified atom stereocenters. The maximum Gasteiger partial charge on any atom is 0.257 e. The molecule has 1 amide bonds. The van der Waals surface area contributed by atoms with Gasteiger partial charge < -0.3 is 10.4 Å². The van der Waals surface area contributed by atoms with Crippen molar-refractivity contribution in [1.82, 2.24) is 4.31 Å². The summed E-state index contributed by atoms with van der Waals surface area (Å²) >= 11 is 5.96. The summed E-state index contributed by atoms with van der Waals surface area (Å²) in [4.78, 5) is 13.5. The number of nitrogens with one attached hydrogen (secondary N) is 1. The van der Waals surface area contributed by atoms with Crippen molar-refractivity contribution < 1.29 is 31.5 Å². The highest BCUT2D eigenvalue weighted by molar-refractivity contribution is 7.89. The summed E-state index contributed by atoms with van der Waals surface area (Å²) in [5.74, 6) is -6.74. The molecule has 210 valence electrons. The molecule has 0 saturated carbocycles. The van der Waals surface area contributed by atoms with Gasteiger partial charge in [0, 0.05) is 30.1 Å². The Kier molecular flexibility index (Phi) is 8.56. The minimum Gasteiger partial charge on any atom is -0.379 e. The average molecular weight is 592 g/mol. The molecule has 40 heavy (non-hydrogen) atoms. The number of nitriles is 1. The Hall–Kier alpha value is -3.43. The molecule has 2 N–H and O–H groups in total. The van der Waals surface area contributed by atoms with E-state index in [1.54, 1.807) is 36.4 Å². The highest BCUT2D eigenvalue weighted by Crippen LogP contribution is 2.36. The van der Waals surface area contributed by atoms with Gasteiger partial charge in [0.05, 0.1) is 10.5 Å². The summed E-state index contributed by atoms with van der Waals surface area (Å²) in [6.45, 7) is 0.979. The van der Waals surface area contributed by atoms with Gasteiger partial charge in [0.1, 0.15) is 17.4 Å². The molecular weight excluding hydrogens is 567 g/mol. The highest BCUT2D eigenvalue weighted by Gasteiger charge is 2.47. The van der Waals surface area contributed by atoms with Crippen molar-refractivity contribution in [2.24, 2.45) is 5.92 Å². The minimum absolute atomic E-state index is 0.0000897. The second-order valence-corrected chi connectivity index (χ2v) is 12.0. The Morgan fingerprint density at radius 1 is 1.10 bits per heavy atom. The molecule has 1 heterocycles. The quantitative estimate of drug-likeness (QED) is 0.378. The monoisotopic (exact) mass is 591 g/mol. The van der Waals surface area contributed by atoms with Crippen LogP contribution in [0.25, 0.3) is 0 Å². The number of hydrogen-bond donors (Lipinski definition) is 2. The summed E-state index contributed by atoms with van der Waals surface area (Å²) in [5.41, 5.74) is -4.16. The number of benzene rings is 3. The van der Waals surface area contributed by atoms with E-state index in [2.05, 4.69) is 0 Å². The van der Waals surface area contributed by atoms with Gasteiger partial charge in [-0.15, -0.1) is 0 Å². The van der Waals surface area contributed by atoms with Gasteiger partial charge in [-0.25, -0.2) is 21.6 Å². The Morgan fingerprint density at radius 2 is 1.75 bits per heavy atom. The number of carbonyl (C=O) groups is 1. The van der Waals surface area contributed by atoms with Gasteiger partial charge in [0.25, 0.3) is 5.91 Å². The van der Waals surface area contributed by atoms with E-state index in [1.165, 1.54) is 28.6 Å². The van der Waals surface area contributed by atoms with E-state index in [9.17, 15) is 31.5 Å². The van der Waals surface area contributed by atoms with Crippen molar-refractivity contribution in [2.75, 3.05) is 18.4 Å². The Labute approximate surface area is 234 Å². The molecule has 1 aliphatic heterocycles. The summed E-state index contributed by atoms with van der Waals surface area (Å²) in [6.07, 6.45) is -0.170. The van der Waals surface area contributed by atoms with Crippen LogP contribution in [0.1, 0.15) is 29.5 Å². The van der Waals surface area contributed by atoms with Crippen LogP contribution in [0.2, 0.25) is 5.02 Å². The minimum atomic E-state index is -3.91. The lowest BCUT2D eigenvalue weighted by Gasteiger charge is -2.40. The lowest BCUT2D eigenvalue weighted by Crippen LogP contribution is -2.54. The third-order valence-electron chi connectivity index (χ3n) is 7.18. The Morgan fingerprint density at radius 3 is 2.35 bits per heavy atom. The van der Waals surface area contributed by atoms with Gasteiger partial charge in [-0.2, -0.15) is 9.57 Å². The largest absolute Gasteiger partial charge is 0.379 e. The van der Waals surface area contributed by atoms with Crippen molar-refractivity contribution in [3.8, 4) is 6.07 Å². The second-order valence-electron chi connectivity index (χ2n) is 9.61. The number of piperidine rings is 1. The van der Waals surface area contributed by atoms with Crippen LogP contribution in [0.5, 0.6) is 0 Å². The molecule has 1 saturated heterocycles. The SMILES string of the molecule is Cc1c(F)c(NC(=O)C(O)(Cc2ccccc2)C2CCN(S(=O)(=O)c3cccc(Cl)c3)CC2)c(F)c(F)c1C#N. The molecular formula is C28H25ClF3N3O4S. The van der Waals surface area contributed by atoms with Gasteiger partial charge in [-0.3, -0.25) is 4.79 Å². The highest BCUT2D eigenvalue weighted by atomic mass is 35.5. The number of carbonyl (C=O) groups excluding carboxylic acids is 1. The molecule has 1 aliphatic rings. The number of hydrogen-bond acceptors (Lipinski definition) is 5. The van der Waals surface area contributed by atoms with E-state index < -0.39 is 61.7 Å². The third-order valence-corrected chi connectivity index (χ3v) is 9.31. The number of aliphatic hydroxyl groups is 1. The van der Waals surface area contributed by atoms with Crippen molar-refractivity contribution in [2.45, 2.75) is 36.7 Å². The van der Waals surface area contributed by atoms with E-state index in [-0.39, 0.29) is 42.3 Å². The summed E-state index contributed by atoms with van der Waals surface area (Å²) in [5, 5.41) is 23.1. The molecule has 0 radical (unpaired) electrons. The maximum atomic E-state index is 14.9. The number of sulfonamides is 1. The zero-order chi connectivity index (χ0) is 29.2. The molecule has 3 aromatic rings. The van der Waals surface area contributed by atoms with Crippen LogP contribution in [0.3, 0.4) is 0 Å². The van der Waals surface area contributed by atoms with Gasteiger partial charge in [-0.05, 0) is 49.4 Å². The van der Waals surface area contributed by atoms with Crippen LogP contribution in [-0.4, -0.2) is 42.4 Å². The summed E-state index contributed by atoms with van der Waals surface area (Å²) in [7, 11) is -3.91. The second kappa shape index (κ2) is 11.6. The van der Waals surface area contributed by atoms with E-state index >= 15 is 0 Å². The fourth-order valence-electron chi connectivity index (χ4n) is 4.91. The molecule has 0 aliphatic carbocycles. The predicted octanol–water partition coefficient (Wildman–Crippen LogP) is 4.95. The lowest BCUT2D eigenvalue weighted by atomic mass is 9.76. The predicted molar refractivity (Wildman–Crippen MR) is 142 cm³/mol. The van der Waals surface area contributed by atoms with E-state index in [4.69, 9.17) is 16.9 Å². The van der Waals surface area contributed by atoms with Crippen LogP contribution in [0, 0.1) is 41.6 Å². The molecule has 3 aromatic carbocycles. The standard InChI is InChI=1S/C28H25ClF3N3O4S/c1-17-22(16-33)24(31)25(32)26(23(17)30)34-27(36)28(37,15-18-6-3-2-4-7-18)19-10-12-35(13-11-19)40(38,39)21-9-5-8-20(29)14-21/h2-9,14,19,37H,10-13,15H2,1H3,(H,34,36). The number of rotatable bonds is 7. The fourth-order valence-corrected chi connectivity index (χ4v) is 6.68. The van der Waals surface area contributed by atoms with Gasteiger partial charge in [0.2, 0.25) is 10.0 Å². The van der Waals surface area contributed by atoms with Crippen molar-refractivity contribution in [3.63, 3.8) is 0 Å². The molecule has 0 aromatic heterocycles. The van der Waals surface area contributed by atoms with Crippen LogP contribution in [-0.2, 0) is 21.2 Å². The average Bonchev–Trinajstić information content (AvgIpc) is 2.95. The van der Waals surface area contributed by atoms with E-state index in [1.807, 2.05) is 5.32 Å². The zero-order valence-corrected chi connectivity index (χ0v) is 22.9. The molecule has 0 spiro atoms. The van der Waals surface area contributed by atoms with Crippen molar-refractivity contribution in [1.29, 1.82) is 5.26 Å². The number of nitrogens with zero attached hydrogens (tertiary/aromatic N) is 2. The zero-order valence-electron chi connectivity index (χ0n) is 21.3. The molecule has 4 rings (SSSR count). The van der Waals surface area contributed by atoms with Crippen LogP contribution in [0.15, 0.2) is 59.5 Å². The first-order chi connectivity index (χ1) is 18.9. The number of amides is 1. The third kappa shape index (κ3) is 5.58. The number of anilines is 1. The maximum absolute atomic E-state index is 14.9. The first-order valence-electron chi connectivity index (χ1n) is 12.3. The molecule has 0 bridgehead atoms. The van der Waals surface area contributed by atoms with Crippen LogP contribution in [0.4, 0.5) is 18.9 Å². The van der Waals surface area contributed by atoms with E-state index in [0.29, 0.717) is 5.56 Å². The lowest BCUT2D eigenvalue weighted by molar-refractivity contribution is -0.142. The van der Waals surface area contributed by atoms with Crippen LogP contribution < -0.4 is 5.32 Å². The van der Waals surface area contributed by atoms with Gasteiger partial charge >= 0.3 is 0 Å². The molecule has 1 fully saturated rings. The van der Waals surface area contributed by atoms with Gasteiger partial charge in [-0.1, -0.05) is 48.0 Å². The fraction of sp³-hybridized carbons (Fsp3) is 0.286. The first-order valence-corrected chi connectivity index (χ1v) is 14.1. The molecule has 7 nitrogen and oxygen atoms in total. The summed E-state index contributed by atoms with van der Waals surface area (Å²) < 4.78 is 71.6. The van der Waals surface area contributed by atoms with Crippen LogP contribution >= 0.6 is 11.6 Å².